The second kappa shape index (κ2) is 7.02. The van der Waals surface area contributed by atoms with E-state index >= 15 is 0 Å². The van der Waals surface area contributed by atoms with E-state index in [1.165, 1.54) is 0 Å². The number of piperidine rings is 1. The van der Waals surface area contributed by atoms with Gasteiger partial charge >= 0.3 is 0 Å². The van der Waals surface area contributed by atoms with Gasteiger partial charge in [-0.2, -0.15) is 0 Å². The molecule has 1 amide bonds. The molecular weight excluding hydrogens is 344 g/mol. The Bertz CT molecular complexity index is 932. The van der Waals surface area contributed by atoms with E-state index in [1.807, 2.05) is 42.6 Å². The summed E-state index contributed by atoms with van der Waals surface area (Å²) in [5, 5.41) is 8.78. The predicted molar refractivity (Wildman–Crippen MR) is 98.4 cm³/mol. The molecule has 3 aromatic heterocycles. The number of rotatable bonds is 4. The predicted octanol–water partition coefficient (Wildman–Crippen LogP) is 2.29. The molecule has 27 heavy (non-hydrogen) atoms. The van der Waals surface area contributed by atoms with Crippen molar-refractivity contribution in [2.45, 2.75) is 39.2 Å². The van der Waals surface area contributed by atoms with Gasteiger partial charge in [0.25, 0.3) is 5.91 Å². The first-order valence-corrected chi connectivity index (χ1v) is 9.23. The van der Waals surface area contributed by atoms with E-state index in [0.29, 0.717) is 23.8 Å². The molecule has 0 atom stereocenters. The van der Waals surface area contributed by atoms with Crippen LogP contribution in [0.25, 0.3) is 0 Å². The number of carbonyl (C=O) groups is 1. The van der Waals surface area contributed by atoms with Gasteiger partial charge in [0, 0.05) is 38.4 Å². The Kier molecular flexibility index (Phi) is 4.55. The standard InChI is InChI=1S/C19H24N6O2/c1-13-10-16(14(2)27-13)19(26)25-7-4-15(5-8-25)18-22-21-17(23(18)3)11-24-9-6-20-12-24/h6,9-10,12,15H,4-5,7-8,11H2,1-3H3. The molecule has 0 bridgehead atoms. The number of aromatic nitrogens is 5. The Morgan fingerprint density at radius 3 is 2.67 bits per heavy atom. The maximum absolute atomic E-state index is 12.7. The van der Waals surface area contributed by atoms with Crippen molar-refractivity contribution in [3.63, 3.8) is 0 Å². The normalized spacial score (nSPS) is 15.4. The van der Waals surface area contributed by atoms with E-state index < -0.39 is 0 Å². The molecule has 0 spiro atoms. The summed E-state index contributed by atoms with van der Waals surface area (Å²) in [6.45, 7) is 5.80. The zero-order valence-electron chi connectivity index (χ0n) is 15.9. The first-order valence-electron chi connectivity index (χ1n) is 9.23. The number of nitrogens with zero attached hydrogens (tertiary/aromatic N) is 6. The van der Waals surface area contributed by atoms with Crippen molar-refractivity contribution < 1.29 is 9.21 Å². The highest BCUT2D eigenvalue weighted by Gasteiger charge is 2.29. The lowest BCUT2D eigenvalue weighted by Gasteiger charge is -2.31. The smallest absolute Gasteiger partial charge is 0.257 e. The Hall–Kier alpha value is -2.90. The van der Waals surface area contributed by atoms with Crippen LogP contribution in [0.3, 0.4) is 0 Å². The van der Waals surface area contributed by atoms with E-state index in [1.54, 1.807) is 12.5 Å². The van der Waals surface area contributed by atoms with E-state index in [2.05, 4.69) is 19.7 Å². The van der Waals surface area contributed by atoms with Gasteiger partial charge in [0.2, 0.25) is 0 Å². The molecule has 0 N–H and O–H groups in total. The summed E-state index contributed by atoms with van der Waals surface area (Å²) in [7, 11) is 2.01. The summed E-state index contributed by atoms with van der Waals surface area (Å²) in [4.78, 5) is 18.7. The molecule has 4 heterocycles. The number of likely N-dealkylation sites (tertiary alicyclic amines) is 1. The Balaban J connectivity index is 1.41. The molecular formula is C19H24N6O2. The van der Waals surface area contributed by atoms with Gasteiger partial charge in [0.1, 0.15) is 17.3 Å². The molecule has 1 fully saturated rings. The van der Waals surface area contributed by atoms with E-state index in [-0.39, 0.29) is 5.91 Å². The summed E-state index contributed by atoms with van der Waals surface area (Å²) >= 11 is 0. The zero-order valence-corrected chi connectivity index (χ0v) is 15.9. The molecule has 1 aliphatic heterocycles. The minimum absolute atomic E-state index is 0.0570. The van der Waals surface area contributed by atoms with Crippen LogP contribution in [-0.2, 0) is 13.6 Å². The summed E-state index contributed by atoms with van der Waals surface area (Å²) < 4.78 is 9.55. The van der Waals surface area contributed by atoms with Crippen molar-refractivity contribution in [2.75, 3.05) is 13.1 Å². The minimum atomic E-state index is 0.0570. The monoisotopic (exact) mass is 368 g/mol. The third kappa shape index (κ3) is 3.39. The van der Waals surface area contributed by atoms with Gasteiger partial charge in [-0.3, -0.25) is 4.79 Å². The molecule has 3 aromatic rings. The molecule has 0 aromatic carbocycles. The minimum Gasteiger partial charge on any atom is -0.466 e. The van der Waals surface area contributed by atoms with Crippen LogP contribution in [0.5, 0.6) is 0 Å². The fourth-order valence-electron chi connectivity index (χ4n) is 3.77. The quantitative estimate of drug-likeness (QED) is 0.706. The number of aryl methyl sites for hydroxylation is 2. The number of hydrogen-bond donors (Lipinski definition) is 0. The molecule has 0 saturated carbocycles. The van der Waals surface area contributed by atoms with Crippen molar-refractivity contribution in [3.8, 4) is 0 Å². The zero-order chi connectivity index (χ0) is 19.0. The van der Waals surface area contributed by atoms with E-state index in [4.69, 9.17) is 4.42 Å². The maximum atomic E-state index is 12.7. The molecule has 1 saturated heterocycles. The third-order valence-corrected chi connectivity index (χ3v) is 5.30. The van der Waals surface area contributed by atoms with Crippen molar-refractivity contribution in [3.05, 3.63) is 53.5 Å². The average Bonchev–Trinajstić information content (AvgIpc) is 3.37. The maximum Gasteiger partial charge on any atom is 0.257 e. The van der Waals surface area contributed by atoms with E-state index in [0.717, 1.165) is 43.3 Å². The van der Waals surface area contributed by atoms with Crippen LogP contribution in [-0.4, -0.2) is 48.2 Å². The largest absolute Gasteiger partial charge is 0.466 e. The number of imidazole rings is 1. The van der Waals surface area contributed by atoms with Crippen LogP contribution in [0.2, 0.25) is 0 Å². The van der Waals surface area contributed by atoms with Gasteiger partial charge < -0.3 is 18.5 Å². The summed E-state index contributed by atoms with van der Waals surface area (Å²) in [6, 6.07) is 1.83. The number of amides is 1. The molecule has 4 rings (SSSR count). The van der Waals surface area contributed by atoms with Crippen molar-refractivity contribution in [1.82, 2.24) is 29.2 Å². The second-order valence-corrected chi connectivity index (χ2v) is 7.16. The first kappa shape index (κ1) is 17.5. The van der Waals surface area contributed by atoms with Crippen molar-refractivity contribution >= 4 is 5.91 Å². The van der Waals surface area contributed by atoms with Crippen LogP contribution in [0.1, 0.15) is 52.3 Å². The SMILES string of the molecule is Cc1cc(C(=O)N2CCC(c3nnc(Cn4ccnc4)n3C)CC2)c(C)o1. The number of hydrogen-bond acceptors (Lipinski definition) is 5. The molecule has 0 radical (unpaired) electrons. The molecule has 8 nitrogen and oxygen atoms in total. The van der Waals surface area contributed by atoms with Gasteiger partial charge in [0.05, 0.1) is 18.4 Å². The van der Waals surface area contributed by atoms with Crippen molar-refractivity contribution in [1.29, 1.82) is 0 Å². The second-order valence-electron chi connectivity index (χ2n) is 7.16. The summed E-state index contributed by atoms with van der Waals surface area (Å²) in [6.07, 6.45) is 7.22. The number of furan rings is 1. The summed E-state index contributed by atoms with van der Waals surface area (Å²) in [5.74, 6) is 3.74. The van der Waals surface area contributed by atoms with Crippen LogP contribution < -0.4 is 0 Å². The van der Waals surface area contributed by atoms with Gasteiger partial charge in [-0.1, -0.05) is 0 Å². The van der Waals surface area contributed by atoms with Crippen LogP contribution >= 0.6 is 0 Å². The van der Waals surface area contributed by atoms with E-state index in [9.17, 15) is 4.79 Å². The third-order valence-electron chi connectivity index (χ3n) is 5.30. The lowest BCUT2D eigenvalue weighted by atomic mass is 9.95. The fourth-order valence-corrected chi connectivity index (χ4v) is 3.77. The molecule has 0 aliphatic carbocycles. The molecule has 142 valence electrons. The van der Waals surface area contributed by atoms with Gasteiger partial charge in [-0.25, -0.2) is 4.98 Å². The van der Waals surface area contributed by atoms with Crippen LogP contribution in [0.4, 0.5) is 0 Å². The highest BCUT2D eigenvalue weighted by atomic mass is 16.3. The highest BCUT2D eigenvalue weighted by molar-refractivity contribution is 5.95. The van der Waals surface area contributed by atoms with Gasteiger partial charge in [-0.05, 0) is 32.8 Å². The van der Waals surface area contributed by atoms with Gasteiger partial charge in [0.15, 0.2) is 5.82 Å². The lowest BCUT2D eigenvalue weighted by Crippen LogP contribution is -2.38. The summed E-state index contributed by atoms with van der Waals surface area (Å²) in [5.41, 5.74) is 0.673. The molecule has 0 unspecified atom stereocenters. The average molecular weight is 368 g/mol. The highest BCUT2D eigenvalue weighted by Crippen LogP contribution is 2.28. The van der Waals surface area contributed by atoms with Crippen LogP contribution in [0.15, 0.2) is 29.2 Å². The Labute approximate surface area is 157 Å². The Morgan fingerprint density at radius 2 is 2.04 bits per heavy atom. The van der Waals surface area contributed by atoms with Crippen molar-refractivity contribution in [2.24, 2.45) is 7.05 Å². The number of carbonyl (C=O) groups excluding carboxylic acids is 1. The fraction of sp³-hybridized carbons (Fsp3) is 0.474. The first-order chi connectivity index (χ1) is 13.0. The van der Waals surface area contributed by atoms with Gasteiger partial charge in [-0.15, -0.1) is 10.2 Å². The van der Waals surface area contributed by atoms with Crippen LogP contribution in [0, 0.1) is 13.8 Å². The molecule has 1 aliphatic rings. The lowest BCUT2D eigenvalue weighted by molar-refractivity contribution is 0.0708. The molecule has 8 heteroatoms. The topological polar surface area (TPSA) is 82.0 Å². The Morgan fingerprint density at radius 1 is 1.26 bits per heavy atom.